The molecule has 2 heterocycles. The molecule has 6 nitrogen and oxygen atoms in total. The molecule has 22 heavy (non-hydrogen) atoms. The summed E-state index contributed by atoms with van der Waals surface area (Å²) in [4.78, 5) is 40.1. The molecule has 1 aliphatic carbocycles. The number of amides is 4. The van der Waals surface area contributed by atoms with Crippen LogP contribution in [0.1, 0.15) is 46.0 Å². The number of rotatable bonds is 2. The third-order valence-corrected chi connectivity index (χ3v) is 5.22. The van der Waals surface area contributed by atoms with Crippen molar-refractivity contribution >= 4 is 17.8 Å². The van der Waals surface area contributed by atoms with E-state index in [9.17, 15) is 14.4 Å². The van der Waals surface area contributed by atoms with Crippen LogP contribution in [0, 0.1) is 11.8 Å². The first kappa shape index (κ1) is 15.3. The first-order valence-corrected chi connectivity index (χ1v) is 8.33. The average molecular weight is 307 g/mol. The van der Waals surface area contributed by atoms with Gasteiger partial charge in [-0.25, -0.2) is 4.79 Å². The SMILES string of the molecule is C[C@@H]1C[C@H](C)CN(C(=O)CN2C(=O)NC3(CCCC3)C2=O)C1. The van der Waals surface area contributed by atoms with Gasteiger partial charge in [-0.2, -0.15) is 0 Å². The van der Waals surface area contributed by atoms with Gasteiger partial charge >= 0.3 is 6.03 Å². The highest BCUT2D eigenvalue weighted by atomic mass is 16.2. The number of carbonyl (C=O) groups excluding carboxylic acids is 3. The van der Waals surface area contributed by atoms with Gasteiger partial charge in [0, 0.05) is 13.1 Å². The largest absolute Gasteiger partial charge is 0.341 e. The topological polar surface area (TPSA) is 69.7 Å². The van der Waals surface area contributed by atoms with E-state index in [1.165, 1.54) is 0 Å². The van der Waals surface area contributed by atoms with Crippen LogP contribution in [0.3, 0.4) is 0 Å². The Labute approximate surface area is 131 Å². The second-order valence-electron chi connectivity index (χ2n) is 7.36. The Morgan fingerprint density at radius 1 is 1.18 bits per heavy atom. The van der Waals surface area contributed by atoms with Gasteiger partial charge in [0.15, 0.2) is 0 Å². The Morgan fingerprint density at radius 3 is 2.36 bits per heavy atom. The Bertz CT molecular complexity index is 489. The van der Waals surface area contributed by atoms with Gasteiger partial charge in [0.25, 0.3) is 5.91 Å². The minimum absolute atomic E-state index is 0.114. The molecule has 0 aromatic carbocycles. The van der Waals surface area contributed by atoms with E-state index >= 15 is 0 Å². The molecular formula is C16H25N3O3. The Morgan fingerprint density at radius 2 is 1.77 bits per heavy atom. The van der Waals surface area contributed by atoms with Gasteiger partial charge < -0.3 is 10.2 Å². The quantitative estimate of drug-likeness (QED) is 0.783. The van der Waals surface area contributed by atoms with E-state index in [0.29, 0.717) is 24.7 Å². The zero-order valence-corrected chi connectivity index (χ0v) is 13.4. The summed E-state index contributed by atoms with van der Waals surface area (Å²) in [7, 11) is 0. The van der Waals surface area contributed by atoms with Gasteiger partial charge in [0.1, 0.15) is 12.1 Å². The van der Waals surface area contributed by atoms with Crippen LogP contribution in [-0.2, 0) is 9.59 Å². The van der Waals surface area contributed by atoms with Crippen molar-refractivity contribution in [1.29, 1.82) is 0 Å². The normalized spacial score (nSPS) is 31.0. The Balaban J connectivity index is 1.66. The number of hydrogen-bond donors (Lipinski definition) is 1. The molecule has 2 atom stereocenters. The molecule has 0 radical (unpaired) electrons. The molecule has 0 unspecified atom stereocenters. The van der Waals surface area contributed by atoms with Crippen LogP contribution in [0.15, 0.2) is 0 Å². The summed E-state index contributed by atoms with van der Waals surface area (Å²) in [5.74, 6) is 0.618. The van der Waals surface area contributed by atoms with Crippen LogP contribution in [0.25, 0.3) is 0 Å². The third-order valence-electron chi connectivity index (χ3n) is 5.22. The summed E-state index contributed by atoms with van der Waals surface area (Å²) in [6.07, 6.45) is 4.42. The third kappa shape index (κ3) is 2.59. The summed E-state index contributed by atoms with van der Waals surface area (Å²) in [6.45, 7) is 5.59. The molecule has 0 aromatic heterocycles. The molecule has 0 aromatic rings. The molecule has 1 N–H and O–H groups in total. The Hall–Kier alpha value is -1.59. The van der Waals surface area contributed by atoms with Gasteiger partial charge in [-0.15, -0.1) is 0 Å². The van der Waals surface area contributed by atoms with Crippen molar-refractivity contribution in [1.82, 2.24) is 15.1 Å². The van der Waals surface area contributed by atoms with Gasteiger partial charge in [0.05, 0.1) is 0 Å². The van der Waals surface area contributed by atoms with Crippen molar-refractivity contribution < 1.29 is 14.4 Å². The van der Waals surface area contributed by atoms with Crippen molar-refractivity contribution in [3.8, 4) is 0 Å². The maximum absolute atomic E-state index is 12.6. The summed E-state index contributed by atoms with van der Waals surface area (Å²) >= 11 is 0. The number of piperidine rings is 1. The molecule has 3 fully saturated rings. The number of urea groups is 1. The predicted molar refractivity (Wildman–Crippen MR) is 81.0 cm³/mol. The summed E-state index contributed by atoms with van der Waals surface area (Å²) in [5.41, 5.74) is -0.722. The van der Waals surface area contributed by atoms with Crippen LogP contribution in [-0.4, -0.2) is 52.8 Å². The molecule has 3 rings (SSSR count). The number of nitrogens with zero attached hydrogens (tertiary/aromatic N) is 2. The van der Waals surface area contributed by atoms with Crippen molar-refractivity contribution in [2.24, 2.45) is 11.8 Å². The summed E-state index contributed by atoms with van der Waals surface area (Å²) in [5, 5.41) is 2.82. The highest BCUT2D eigenvalue weighted by Gasteiger charge is 2.52. The molecule has 1 spiro atoms. The van der Waals surface area contributed by atoms with E-state index < -0.39 is 11.6 Å². The molecule has 0 bridgehead atoms. The van der Waals surface area contributed by atoms with E-state index in [1.54, 1.807) is 4.90 Å². The molecule has 1 saturated carbocycles. The lowest BCUT2D eigenvalue weighted by molar-refractivity contribution is -0.140. The van der Waals surface area contributed by atoms with Crippen LogP contribution in [0.2, 0.25) is 0 Å². The van der Waals surface area contributed by atoms with E-state index in [2.05, 4.69) is 19.2 Å². The number of imide groups is 1. The van der Waals surface area contributed by atoms with E-state index in [4.69, 9.17) is 0 Å². The smallest absolute Gasteiger partial charge is 0.325 e. The van der Waals surface area contributed by atoms with E-state index in [-0.39, 0.29) is 18.4 Å². The van der Waals surface area contributed by atoms with Crippen LogP contribution < -0.4 is 5.32 Å². The van der Waals surface area contributed by atoms with E-state index in [0.717, 1.165) is 37.3 Å². The minimum Gasteiger partial charge on any atom is -0.341 e. The molecule has 6 heteroatoms. The fraction of sp³-hybridized carbons (Fsp3) is 0.812. The summed E-state index contributed by atoms with van der Waals surface area (Å²) < 4.78 is 0. The highest BCUT2D eigenvalue weighted by Crippen LogP contribution is 2.35. The Kier molecular flexibility index (Phi) is 3.87. The fourth-order valence-corrected chi connectivity index (χ4v) is 4.24. The maximum Gasteiger partial charge on any atom is 0.325 e. The maximum atomic E-state index is 12.6. The predicted octanol–water partition coefficient (Wildman–Crippen LogP) is 1.36. The molecule has 3 aliphatic rings. The standard InChI is InChI=1S/C16H25N3O3/c1-11-7-12(2)9-18(8-11)13(20)10-19-14(21)16(17-15(19)22)5-3-4-6-16/h11-12H,3-10H2,1-2H3,(H,17,22)/t11-,12+. The van der Waals surface area contributed by atoms with Crippen molar-refractivity contribution in [3.05, 3.63) is 0 Å². The van der Waals surface area contributed by atoms with Crippen molar-refractivity contribution in [2.45, 2.75) is 51.5 Å². The molecule has 122 valence electrons. The number of likely N-dealkylation sites (tertiary alicyclic amines) is 1. The van der Waals surface area contributed by atoms with Crippen LogP contribution in [0.4, 0.5) is 4.79 Å². The monoisotopic (exact) mass is 307 g/mol. The number of carbonyl (C=O) groups is 3. The fourth-order valence-electron chi connectivity index (χ4n) is 4.24. The lowest BCUT2D eigenvalue weighted by atomic mass is 9.92. The number of nitrogens with one attached hydrogen (secondary N) is 1. The van der Waals surface area contributed by atoms with Gasteiger partial charge in [-0.05, 0) is 31.1 Å². The van der Waals surface area contributed by atoms with E-state index in [1.807, 2.05) is 0 Å². The van der Waals surface area contributed by atoms with Crippen molar-refractivity contribution in [2.75, 3.05) is 19.6 Å². The zero-order valence-electron chi connectivity index (χ0n) is 13.4. The molecular weight excluding hydrogens is 282 g/mol. The highest BCUT2D eigenvalue weighted by molar-refractivity contribution is 6.09. The first-order chi connectivity index (χ1) is 10.4. The summed E-state index contributed by atoms with van der Waals surface area (Å²) in [6, 6.07) is -0.404. The number of hydrogen-bond acceptors (Lipinski definition) is 3. The van der Waals surface area contributed by atoms with Crippen LogP contribution >= 0.6 is 0 Å². The van der Waals surface area contributed by atoms with Gasteiger partial charge in [-0.1, -0.05) is 26.7 Å². The van der Waals surface area contributed by atoms with Gasteiger partial charge in [-0.3, -0.25) is 14.5 Å². The molecule has 2 aliphatic heterocycles. The molecule has 2 saturated heterocycles. The zero-order chi connectivity index (χ0) is 15.9. The lowest BCUT2D eigenvalue weighted by Crippen LogP contribution is -2.49. The first-order valence-electron chi connectivity index (χ1n) is 8.33. The van der Waals surface area contributed by atoms with Gasteiger partial charge in [0.2, 0.25) is 5.91 Å². The average Bonchev–Trinajstić information content (AvgIpc) is 2.99. The lowest BCUT2D eigenvalue weighted by Gasteiger charge is -2.35. The van der Waals surface area contributed by atoms with Crippen molar-refractivity contribution in [3.63, 3.8) is 0 Å². The molecule has 4 amide bonds. The minimum atomic E-state index is -0.722. The van der Waals surface area contributed by atoms with Crippen LogP contribution in [0.5, 0.6) is 0 Å². The second kappa shape index (κ2) is 5.56. The second-order valence-corrected chi connectivity index (χ2v) is 7.36.